The molecule has 20 nitrogen and oxygen atoms in total. The van der Waals surface area contributed by atoms with Crippen LogP contribution in [0.1, 0.15) is 90.4 Å². The van der Waals surface area contributed by atoms with Gasteiger partial charge in [-0.15, -0.1) is 0 Å². The molecule has 0 spiro atoms. The number of phenols is 8. The van der Waals surface area contributed by atoms with Gasteiger partial charge >= 0.3 is 0 Å². The average molecular weight is 1150 g/mol. The van der Waals surface area contributed by atoms with Crippen LogP contribution in [0.4, 0.5) is 0 Å². The number of hydrogen-bond acceptors (Lipinski definition) is 20. The molecule has 1 aliphatic rings. The number of methoxy groups -OCH3 is 12. The molecule has 0 aromatic heterocycles. The summed E-state index contributed by atoms with van der Waals surface area (Å²) >= 11 is 0. The van der Waals surface area contributed by atoms with Crippen LogP contribution >= 0.6 is 0 Å². The molecule has 4 atom stereocenters. The van der Waals surface area contributed by atoms with Crippen LogP contribution in [0.5, 0.6) is 115 Å². The Morgan fingerprint density at radius 1 is 0.190 bits per heavy atom. The molecule has 0 saturated carbocycles. The lowest BCUT2D eigenvalue weighted by molar-refractivity contribution is 0.338. The summed E-state index contributed by atoms with van der Waals surface area (Å²) in [6.45, 7) is 0. The van der Waals surface area contributed by atoms with Gasteiger partial charge in [-0.1, -0.05) is 0 Å². The van der Waals surface area contributed by atoms with Crippen LogP contribution in [-0.4, -0.2) is 126 Å². The second-order valence-corrected chi connectivity index (χ2v) is 19.4. The average Bonchev–Trinajstić information content (AvgIpc) is 1.73. The predicted molar refractivity (Wildman–Crippen MR) is 307 cm³/mol. The van der Waals surface area contributed by atoms with E-state index in [1.54, 1.807) is 72.8 Å². The number of ether oxygens (including phenoxy) is 12. The minimum atomic E-state index is -1.18. The number of hydrogen-bond donors (Lipinski definition) is 8. The maximum Gasteiger partial charge on any atom is 0.200 e. The number of phenolic OH excluding ortho intramolecular Hbond substituents is 8. The Morgan fingerprint density at radius 3 is 0.464 bits per heavy atom. The summed E-state index contributed by atoms with van der Waals surface area (Å²) in [5, 5.41) is 96.7. The second kappa shape index (κ2) is 23.7. The molecule has 0 saturated heterocycles. The van der Waals surface area contributed by atoms with Crippen LogP contribution in [-0.2, 0) is 0 Å². The third-order valence-corrected chi connectivity index (χ3v) is 15.3. The van der Waals surface area contributed by atoms with E-state index in [0.29, 0.717) is 44.5 Å². The SMILES string of the molecule is COc1cc(O)c2cc1C(c1cc(OC)c(O)c(OC)c1)c1cc(c(OC)cc1O)C(c1cc(OC)c(O)c(OC)c1)c1cc(c(OC)cc1O)C(c1cc(OC)c(O)c(OC)c1)c1cc(c(OC)cc1O)C2c1cc(OC)c(O)c(OC)c1. The fourth-order valence-corrected chi connectivity index (χ4v) is 11.4. The fourth-order valence-electron chi connectivity index (χ4n) is 11.4. The molecule has 0 heterocycles. The van der Waals surface area contributed by atoms with E-state index < -0.39 is 23.7 Å². The first-order valence-corrected chi connectivity index (χ1v) is 25.8. The highest BCUT2D eigenvalue weighted by molar-refractivity contribution is 5.71. The van der Waals surface area contributed by atoms with E-state index in [-0.39, 0.29) is 137 Å². The molecular weight excluding hydrogens is 1090 g/mol. The zero-order chi connectivity index (χ0) is 60.6. The summed E-state index contributed by atoms with van der Waals surface area (Å²) in [6.07, 6.45) is 0. The third-order valence-electron chi connectivity index (χ3n) is 15.3. The summed E-state index contributed by atoms with van der Waals surface area (Å²) in [5.74, 6) is -7.08. The van der Waals surface area contributed by atoms with Gasteiger partial charge in [0.15, 0.2) is 46.0 Å². The molecule has 8 bridgehead atoms. The molecule has 8 aromatic rings. The lowest BCUT2D eigenvalue weighted by Gasteiger charge is -2.31. The standard InChI is InChI=1S/C64H64O20/c1-73-45-25-41(65)33-21-37(45)57(29-13-49(77-5)61(69)50(14-29)78-6)34-22-38(46(74-2)26-42(34)66)59(31-17-53(81-9)63(71)54(18-31)82-10)36-24-40(48(76-4)28-44(36)68)60(32-19-55(83-11)64(72)56(20-32)84-12)35-23-39(47(75-3)27-43(35)67)58(33)30-15-51(79-7)62(70)52(16-30)80-8/h13-28,57-60,65-72H,1-12H3. The molecule has 0 radical (unpaired) electrons. The van der Waals surface area contributed by atoms with E-state index in [1.165, 1.54) is 110 Å². The Balaban J connectivity index is 1.59. The van der Waals surface area contributed by atoms with Gasteiger partial charge in [0.2, 0.25) is 23.0 Å². The van der Waals surface area contributed by atoms with Crippen LogP contribution in [0.15, 0.2) is 97.1 Å². The van der Waals surface area contributed by atoms with Crippen molar-refractivity contribution in [2.45, 2.75) is 23.7 Å². The van der Waals surface area contributed by atoms with E-state index >= 15 is 0 Å². The van der Waals surface area contributed by atoms with Crippen molar-refractivity contribution in [3.05, 3.63) is 164 Å². The highest BCUT2D eigenvalue weighted by atomic mass is 16.5. The molecule has 9 rings (SSSR count). The Morgan fingerprint density at radius 2 is 0.333 bits per heavy atom. The van der Waals surface area contributed by atoms with E-state index in [4.69, 9.17) is 56.8 Å². The number of rotatable bonds is 16. The molecule has 84 heavy (non-hydrogen) atoms. The minimum Gasteiger partial charge on any atom is -0.507 e. The van der Waals surface area contributed by atoms with E-state index in [2.05, 4.69) is 0 Å². The Hall–Kier alpha value is -10.2. The molecule has 4 unspecified atom stereocenters. The van der Waals surface area contributed by atoms with E-state index in [0.717, 1.165) is 0 Å². The summed E-state index contributed by atoms with van der Waals surface area (Å²) in [5.41, 5.74) is 3.20. The van der Waals surface area contributed by atoms with E-state index in [1.807, 2.05) is 0 Å². The first-order valence-electron chi connectivity index (χ1n) is 25.8. The first-order chi connectivity index (χ1) is 40.4. The van der Waals surface area contributed by atoms with Gasteiger partial charge in [0, 0.05) is 92.4 Å². The second-order valence-electron chi connectivity index (χ2n) is 19.4. The van der Waals surface area contributed by atoms with Crippen LogP contribution in [0.25, 0.3) is 0 Å². The van der Waals surface area contributed by atoms with Gasteiger partial charge in [0.25, 0.3) is 0 Å². The lowest BCUT2D eigenvalue weighted by atomic mass is 9.75. The molecule has 0 amide bonds. The molecule has 8 N–H and O–H groups in total. The maximum absolute atomic E-state index is 12.7. The Bertz CT molecular complexity index is 3220. The molecule has 440 valence electrons. The van der Waals surface area contributed by atoms with Crippen molar-refractivity contribution in [3.63, 3.8) is 0 Å². The molecule has 1 aliphatic carbocycles. The monoisotopic (exact) mass is 1150 g/mol. The zero-order valence-corrected chi connectivity index (χ0v) is 48.0. The summed E-state index contributed by atoms with van der Waals surface area (Å²) < 4.78 is 70.6. The summed E-state index contributed by atoms with van der Waals surface area (Å²) in [7, 11) is 16.5. The van der Waals surface area contributed by atoms with Crippen molar-refractivity contribution in [2.75, 3.05) is 85.3 Å². The molecular formula is C64H64O20. The van der Waals surface area contributed by atoms with Gasteiger partial charge < -0.3 is 97.7 Å². The van der Waals surface area contributed by atoms with Gasteiger partial charge in [0.05, 0.1) is 85.3 Å². The fraction of sp³-hybridized carbons (Fsp3) is 0.250. The molecule has 0 fully saturated rings. The molecule has 0 aliphatic heterocycles. The van der Waals surface area contributed by atoms with Crippen LogP contribution < -0.4 is 56.8 Å². The van der Waals surface area contributed by atoms with E-state index in [9.17, 15) is 40.9 Å². The zero-order valence-electron chi connectivity index (χ0n) is 48.0. The van der Waals surface area contributed by atoms with Crippen molar-refractivity contribution < 1.29 is 97.7 Å². The normalized spacial score (nSPS) is 15.3. The smallest absolute Gasteiger partial charge is 0.200 e. The van der Waals surface area contributed by atoms with Gasteiger partial charge in [-0.05, 0) is 95.1 Å². The molecule has 8 aromatic carbocycles. The van der Waals surface area contributed by atoms with Crippen molar-refractivity contribution in [2.24, 2.45) is 0 Å². The Labute approximate surface area is 483 Å². The van der Waals surface area contributed by atoms with Crippen LogP contribution in [0.2, 0.25) is 0 Å². The van der Waals surface area contributed by atoms with Crippen molar-refractivity contribution in [1.82, 2.24) is 0 Å². The maximum atomic E-state index is 12.7. The van der Waals surface area contributed by atoms with Gasteiger partial charge in [-0.3, -0.25) is 0 Å². The van der Waals surface area contributed by atoms with Crippen LogP contribution in [0, 0.1) is 0 Å². The highest BCUT2D eigenvalue weighted by Crippen LogP contribution is 2.57. The Kier molecular flexibility index (Phi) is 16.5. The van der Waals surface area contributed by atoms with Crippen molar-refractivity contribution >= 4 is 0 Å². The predicted octanol–water partition coefficient (Wildman–Crippen LogP) is 10.5. The lowest BCUT2D eigenvalue weighted by Crippen LogP contribution is -2.15. The van der Waals surface area contributed by atoms with Crippen molar-refractivity contribution in [1.29, 1.82) is 0 Å². The number of aromatic hydroxyl groups is 8. The topological polar surface area (TPSA) is 273 Å². The van der Waals surface area contributed by atoms with Gasteiger partial charge in [0.1, 0.15) is 46.0 Å². The number of fused-ring (bicyclic) bond motifs is 8. The largest absolute Gasteiger partial charge is 0.507 e. The molecule has 20 heteroatoms. The van der Waals surface area contributed by atoms with Gasteiger partial charge in [-0.25, -0.2) is 0 Å². The van der Waals surface area contributed by atoms with Crippen molar-refractivity contribution in [3.8, 4) is 115 Å². The minimum absolute atomic E-state index is 0.0135. The quantitative estimate of drug-likeness (QED) is 0.0447. The summed E-state index contributed by atoms with van der Waals surface area (Å²) in [6, 6.07) is 24.7. The highest BCUT2D eigenvalue weighted by Gasteiger charge is 2.38. The number of benzene rings is 8. The van der Waals surface area contributed by atoms with Gasteiger partial charge in [-0.2, -0.15) is 0 Å². The van der Waals surface area contributed by atoms with Crippen LogP contribution in [0.3, 0.4) is 0 Å². The first kappa shape index (κ1) is 58.4. The third kappa shape index (κ3) is 9.98. The summed E-state index contributed by atoms with van der Waals surface area (Å²) in [4.78, 5) is 0.